The summed E-state index contributed by atoms with van der Waals surface area (Å²) in [4.78, 5) is 0. The predicted octanol–water partition coefficient (Wildman–Crippen LogP) is 4.81. The van der Waals surface area contributed by atoms with Crippen molar-refractivity contribution in [2.45, 2.75) is 0 Å². The molecule has 0 radical (unpaired) electrons. The maximum atomic E-state index is 6.29. The Morgan fingerprint density at radius 2 is 1.27 bits per heavy atom. The maximum absolute atomic E-state index is 6.29. The van der Waals surface area contributed by atoms with Gasteiger partial charge in [-0.2, -0.15) is 0 Å². The fraction of sp³-hybridized carbons (Fsp3) is 0. The molecule has 1 heterocycles. The molecule has 0 saturated carbocycles. The monoisotopic (exact) mass is 282 g/mol. The van der Waals surface area contributed by atoms with Crippen molar-refractivity contribution in [3.63, 3.8) is 0 Å². The molecule has 0 saturated heterocycles. The Morgan fingerprint density at radius 3 is 2.18 bits per heavy atom. The minimum Gasteiger partial charge on any atom is -0.339 e. The Labute approximate surface area is 127 Å². The molecule has 0 unspecified atom stereocenters. The summed E-state index contributed by atoms with van der Waals surface area (Å²) >= 11 is 0. The van der Waals surface area contributed by atoms with E-state index in [1.54, 1.807) is 4.68 Å². The lowest BCUT2D eigenvalue weighted by atomic mass is 9.98. The largest absolute Gasteiger partial charge is 0.339 e. The average molecular weight is 282 g/mol. The summed E-state index contributed by atoms with van der Waals surface area (Å²) in [6.07, 6.45) is 0. The van der Waals surface area contributed by atoms with Crippen molar-refractivity contribution >= 4 is 43.4 Å². The van der Waals surface area contributed by atoms with Gasteiger partial charge in [0.25, 0.3) is 0 Å². The molecule has 0 spiro atoms. The summed E-state index contributed by atoms with van der Waals surface area (Å²) in [6, 6.07) is 25.6. The summed E-state index contributed by atoms with van der Waals surface area (Å²) in [7, 11) is 0. The number of fused-ring (bicyclic) bond motifs is 7. The molecule has 0 aliphatic carbocycles. The van der Waals surface area contributed by atoms with Crippen LogP contribution in [0, 0.1) is 0 Å². The lowest BCUT2D eigenvalue weighted by Gasteiger charge is -2.06. The van der Waals surface area contributed by atoms with Crippen LogP contribution < -0.4 is 5.84 Å². The molecule has 22 heavy (non-hydrogen) atoms. The van der Waals surface area contributed by atoms with Gasteiger partial charge in [-0.15, -0.1) is 0 Å². The van der Waals surface area contributed by atoms with E-state index in [9.17, 15) is 0 Å². The second-order valence-corrected chi connectivity index (χ2v) is 5.73. The van der Waals surface area contributed by atoms with Gasteiger partial charge < -0.3 is 5.84 Å². The molecule has 2 heteroatoms. The first-order chi connectivity index (χ1) is 10.8. The zero-order valence-corrected chi connectivity index (χ0v) is 12.0. The van der Waals surface area contributed by atoms with Crippen LogP contribution in [0.1, 0.15) is 0 Å². The van der Waals surface area contributed by atoms with Gasteiger partial charge in [0, 0.05) is 10.8 Å². The van der Waals surface area contributed by atoms with Crippen LogP contribution >= 0.6 is 0 Å². The highest BCUT2D eigenvalue weighted by Crippen LogP contribution is 2.36. The van der Waals surface area contributed by atoms with Crippen molar-refractivity contribution in [2.24, 2.45) is 0 Å². The third-order valence-electron chi connectivity index (χ3n) is 4.60. The summed E-state index contributed by atoms with van der Waals surface area (Å²) in [5.74, 6) is 6.29. The normalized spacial score (nSPS) is 11.8. The van der Waals surface area contributed by atoms with E-state index in [4.69, 9.17) is 5.84 Å². The van der Waals surface area contributed by atoms with Gasteiger partial charge in [-0.3, -0.25) is 4.68 Å². The van der Waals surface area contributed by atoms with Gasteiger partial charge in [0.2, 0.25) is 0 Å². The van der Waals surface area contributed by atoms with Gasteiger partial charge in [0.1, 0.15) is 0 Å². The second-order valence-electron chi connectivity index (χ2n) is 5.73. The Bertz CT molecular complexity index is 1180. The van der Waals surface area contributed by atoms with Gasteiger partial charge in [-0.1, -0.05) is 60.7 Å². The SMILES string of the molecule is Nn1c2ccccc2c2c3ccc4ccccc4c3ccc21. The Morgan fingerprint density at radius 1 is 0.545 bits per heavy atom. The molecular weight excluding hydrogens is 268 g/mol. The molecule has 2 nitrogen and oxygen atoms in total. The molecule has 0 bridgehead atoms. The molecular formula is C20H14N2. The van der Waals surface area contributed by atoms with E-state index in [2.05, 4.69) is 66.7 Å². The van der Waals surface area contributed by atoms with Crippen molar-refractivity contribution in [3.8, 4) is 0 Å². The van der Waals surface area contributed by atoms with E-state index < -0.39 is 0 Å². The Hall–Kier alpha value is -3.00. The number of nitrogen functional groups attached to an aromatic ring is 1. The van der Waals surface area contributed by atoms with E-state index in [0.717, 1.165) is 11.0 Å². The van der Waals surface area contributed by atoms with E-state index in [-0.39, 0.29) is 0 Å². The lowest BCUT2D eigenvalue weighted by Crippen LogP contribution is -2.06. The quantitative estimate of drug-likeness (QED) is 0.320. The zero-order valence-electron chi connectivity index (χ0n) is 12.0. The number of rotatable bonds is 0. The van der Waals surface area contributed by atoms with Crippen LogP contribution in [-0.2, 0) is 0 Å². The van der Waals surface area contributed by atoms with Crippen LogP contribution in [0.15, 0.2) is 72.8 Å². The van der Waals surface area contributed by atoms with E-state index in [1.807, 2.05) is 6.07 Å². The number of nitrogens with zero attached hydrogens (tertiary/aromatic N) is 1. The average Bonchev–Trinajstić information content (AvgIpc) is 2.88. The predicted molar refractivity (Wildman–Crippen MR) is 94.6 cm³/mol. The molecule has 104 valence electrons. The van der Waals surface area contributed by atoms with Crippen LogP contribution in [0.5, 0.6) is 0 Å². The zero-order chi connectivity index (χ0) is 14.7. The first kappa shape index (κ1) is 11.6. The number of benzene rings is 4. The van der Waals surface area contributed by atoms with Crippen molar-refractivity contribution in [1.29, 1.82) is 0 Å². The van der Waals surface area contributed by atoms with Gasteiger partial charge >= 0.3 is 0 Å². The molecule has 0 atom stereocenters. The summed E-state index contributed by atoms with van der Waals surface area (Å²) in [6.45, 7) is 0. The smallest absolute Gasteiger partial charge is 0.0710 e. The third kappa shape index (κ3) is 1.34. The Kier molecular flexibility index (Phi) is 2.12. The molecule has 0 amide bonds. The number of aromatic nitrogens is 1. The molecule has 5 rings (SSSR count). The second kappa shape index (κ2) is 4.01. The molecule has 0 aliphatic rings. The van der Waals surface area contributed by atoms with Crippen LogP contribution in [0.3, 0.4) is 0 Å². The first-order valence-corrected chi connectivity index (χ1v) is 7.43. The summed E-state index contributed by atoms with van der Waals surface area (Å²) < 4.78 is 1.79. The van der Waals surface area contributed by atoms with Crippen molar-refractivity contribution < 1.29 is 0 Å². The van der Waals surface area contributed by atoms with Gasteiger partial charge in [0.05, 0.1) is 11.0 Å². The van der Waals surface area contributed by atoms with Crippen LogP contribution in [0.2, 0.25) is 0 Å². The van der Waals surface area contributed by atoms with Crippen molar-refractivity contribution in [1.82, 2.24) is 4.68 Å². The van der Waals surface area contributed by atoms with Gasteiger partial charge in [-0.25, -0.2) is 0 Å². The molecule has 4 aromatic carbocycles. The summed E-state index contributed by atoms with van der Waals surface area (Å²) in [5, 5.41) is 7.54. The number of para-hydroxylation sites is 1. The Balaban J connectivity index is 2.13. The minimum absolute atomic E-state index is 1.07. The van der Waals surface area contributed by atoms with Crippen molar-refractivity contribution in [3.05, 3.63) is 72.8 Å². The maximum Gasteiger partial charge on any atom is 0.0710 e. The standard InChI is InChI=1S/C20H14N2/c21-22-18-8-4-3-7-17(18)20-16-10-9-13-5-1-2-6-14(13)15(16)11-12-19(20)22/h1-12H,21H2. The molecule has 5 aromatic rings. The topological polar surface area (TPSA) is 30.9 Å². The number of hydrogen-bond donors (Lipinski definition) is 1. The molecule has 0 fully saturated rings. The lowest BCUT2D eigenvalue weighted by molar-refractivity contribution is 1.12. The fourth-order valence-corrected chi connectivity index (χ4v) is 3.59. The van der Waals surface area contributed by atoms with Crippen LogP contribution in [0.25, 0.3) is 43.4 Å². The van der Waals surface area contributed by atoms with E-state index in [1.165, 1.54) is 32.3 Å². The first-order valence-electron chi connectivity index (χ1n) is 7.43. The fourth-order valence-electron chi connectivity index (χ4n) is 3.59. The minimum atomic E-state index is 1.07. The molecule has 0 aliphatic heterocycles. The highest BCUT2D eigenvalue weighted by molar-refractivity contribution is 6.24. The third-order valence-corrected chi connectivity index (χ3v) is 4.60. The van der Waals surface area contributed by atoms with E-state index in [0.29, 0.717) is 0 Å². The van der Waals surface area contributed by atoms with Gasteiger partial charge in [0.15, 0.2) is 0 Å². The highest BCUT2D eigenvalue weighted by Gasteiger charge is 2.12. The van der Waals surface area contributed by atoms with Crippen molar-refractivity contribution in [2.75, 3.05) is 5.84 Å². The van der Waals surface area contributed by atoms with Gasteiger partial charge in [-0.05, 0) is 33.7 Å². The molecule has 2 N–H and O–H groups in total. The number of nitrogens with two attached hydrogens (primary N) is 1. The van der Waals surface area contributed by atoms with Crippen LogP contribution in [-0.4, -0.2) is 4.68 Å². The van der Waals surface area contributed by atoms with E-state index >= 15 is 0 Å². The number of hydrogen-bond acceptors (Lipinski definition) is 1. The molecule has 1 aromatic heterocycles. The van der Waals surface area contributed by atoms with Crippen LogP contribution in [0.4, 0.5) is 0 Å². The summed E-state index contributed by atoms with van der Waals surface area (Å²) in [5.41, 5.74) is 2.14. The highest BCUT2D eigenvalue weighted by atomic mass is 15.3.